The Hall–Kier alpha value is -1.31. The molecule has 1 rings (SSSR count). The minimum absolute atomic E-state index is 0.515. The first-order chi connectivity index (χ1) is 7.20. The molecule has 0 saturated heterocycles. The van der Waals surface area contributed by atoms with Crippen LogP contribution >= 0.6 is 0 Å². The van der Waals surface area contributed by atoms with Crippen LogP contribution in [0.3, 0.4) is 0 Å². The zero-order valence-electron chi connectivity index (χ0n) is 10.5. The van der Waals surface area contributed by atoms with Crippen LogP contribution < -0.4 is 0 Å². The number of nitrogens with zero attached hydrogens (tertiary/aromatic N) is 1. The third-order valence-electron chi connectivity index (χ3n) is 2.12. The molecule has 0 aliphatic heterocycles. The van der Waals surface area contributed by atoms with Crippen molar-refractivity contribution in [1.29, 1.82) is 0 Å². The maximum Gasteiger partial charge on any atom is 0.0647 e. The van der Waals surface area contributed by atoms with Crippen LogP contribution in [0.25, 0.3) is 11.6 Å². The fourth-order valence-electron chi connectivity index (χ4n) is 1.48. The fourth-order valence-corrected chi connectivity index (χ4v) is 1.48. The van der Waals surface area contributed by atoms with E-state index < -0.39 is 0 Å². The minimum atomic E-state index is 0.515. The molecule has 2 heteroatoms. The Morgan fingerprint density at radius 3 is 2.47 bits per heavy atom. The highest BCUT2D eigenvalue weighted by atomic mass is 15.1. The lowest BCUT2D eigenvalue weighted by Gasteiger charge is -2.09. The quantitative estimate of drug-likeness (QED) is 0.791. The van der Waals surface area contributed by atoms with E-state index in [-0.39, 0.29) is 0 Å². The molecule has 0 radical (unpaired) electrons. The monoisotopic (exact) mass is 206 g/mol. The van der Waals surface area contributed by atoms with Crippen LogP contribution in [0, 0.1) is 5.92 Å². The van der Waals surface area contributed by atoms with E-state index in [1.807, 2.05) is 20.0 Å². The Morgan fingerprint density at radius 2 is 2.07 bits per heavy atom. The van der Waals surface area contributed by atoms with Crippen molar-refractivity contribution in [2.45, 2.75) is 34.6 Å². The van der Waals surface area contributed by atoms with Crippen LogP contribution in [0.15, 0.2) is 18.9 Å². The van der Waals surface area contributed by atoms with Gasteiger partial charge in [-0.2, -0.15) is 5.10 Å². The summed E-state index contributed by atoms with van der Waals surface area (Å²) in [6, 6.07) is 0. The zero-order valence-corrected chi connectivity index (χ0v) is 10.5. The Labute approximate surface area is 93.1 Å². The molecule has 0 saturated carbocycles. The van der Waals surface area contributed by atoms with Gasteiger partial charge in [-0.15, -0.1) is 0 Å². The lowest BCUT2D eigenvalue weighted by molar-refractivity contribution is 0.854. The number of hydrogen-bond donors (Lipinski definition) is 1. The van der Waals surface area contributed by atoms with Gasteiger partial charge in [-0.25, -0.2) is 0 Å². The Bertz CT molecular complexity index is 319. The summed E-state index contributed by atoms with van der Waals surface area (Å²) in [4.78, 5) is 0. The van der Waals surface area contributed by atoms with Crippen molar-refractivity contribution in [3.8, 4) is 0 Å². The van der Waals surface area contributed by atoms with Gasteiger partial charge >= 0.3 is 0 Å². The van der Waals surface area contributed by atoms with Gasteiger partial charge in [0, 0.05) is 5.56 Å². The molecule has 0 unspecified atom stereocenters. The van der Waals surface area contributed by atoms with Gasteiger partial charge in [0.2, 0.25) is 0 Å². The number of nitrogens with one attached hydrogen (secondary N) is 1. The number of rotatable bonds is 3. The predicted molar refractivity (Wildman–Crippen MR) is 68.5 cm³/mol. The molecule has 2 nitrogen and oxygen atoms in total. The molecular weight excluding hydrogens is 184 g/mol. The number of H-pyrrole nitrogens is 1. The predicted octanol–water partition coefficient (Wildman–Crippen LogP) is 4.14. The van der Waals surface area contributed by atoms with Crippen molar-refractivity contribution >= 4 is 11.6 Å². The summed E-state index contributed by atoms with van der Waals surface area (Å²) < 4.78 is 0. The maximum absolute atomic E-state index is 4.01. The fraction of sp³-hybridized carbons (Fsp3) is 0.462. The van der Waals surface area contributed by atoms with E-state index in [2.05, 4.69) is 43.6 Å². The SMILES string of the molecule is C=Cc1[nH]ncc1/C(=C\C)C(C)C.CC. The lowest BCUT2D eigenvalue weighted by atomic mass is 9.95. The molecule has 1 aromatic rings. The van der Waals surface area contributed by atoms with E-state index in [1.54, 1.807) is 6.08 Å². The second kappa shape index (κ2) is 7.04. The number of hydrogen-bond acceptors (Lipinski definition) is 1. The normalized spacial score (nSPS) is 10.9. The van der Waals surface area contributed by atoms with Gasteiger partial charge in [-0.1, -0.05) is 40.3 Å². The number of aromatic amines is 1. The summed E-state index contributed by atoms with van der Waals surface area (Å²) in [6.45, 7) is 14.1. The highest BCUT2D eigenvalue weighted by Crippen LogP contribution is 2.25. The molecule has 0 aromatic carbocycles. The number of aromatic nitrogens is 2. The van der Waals surface area contributed by atoms with Crippen LogP contribution in [0.4, 0.5) is 0 Å². The molecule has 0 fully saturated rings. The Morgan fingerprint density at radius 1 is 1.47 bits per heavy atom. The van der Waals surface area contributed by atoms with Crippen molar-refractivity contribution < 1.29 is 0 Å². The second-order valence-corrected chi connectivity index (χ2v) is 3.30. The van der Waals surface area contributed by atoms with Gasteiger partial charge in [0.05, 0.1) is 11.9 Å². The first kappa shape index (κ1) is 13.7. The number of allylic oxidation sites excluding steroid dienone is 2. The van der Waals surface area contributed by atoms with Crippen LogP contribution in [0.5, 0.6) is 0 Å². The molecule has 1 N–H and O–H groups in total. The van der Waals surface area contributed by atoms with Gasteiger partial charge in [0.15, 0.2) is 0 Å². The smallest absolute Gasteiger partial charge is 0.0647 e. The summed E-state index contributed by atoms with van der Waals surface area (Å²) in [5, 5.41) is 6.92. The third kappa shape index (κ3) is 3.39. The summed E-state index contributed by atoms with van der Waals surface area (Å²) in [7, 11) is 0. The van der Waals surface area contributed by atoms with E-state index in [0.29, 0.717) is 5.92 Å². The maximum atomic E-state index is 4.01. The average Bonchev–Trinajstić information content (AvgIpc) is 2.69. The van der Waals surface area contributed by atoms with Gasteiger partial charge in [0.1, 0.15) is 0 Å². The van der Waals surface area contributed by atoms with Crippen molar-refractivity contribution in [2.75, 3.05) is 0 Å². The van der Waals surface area contributed by atoms with E-state index in [4.69, 9.17) is 0 Å². The molecule has 1 aromatic heterocycles. The Kier molecular flexibility index (Phi) is 6.43. The van der Waals surface area contributed by atoms with E-state index in [0.717, 1.165) is 11.3 Å². The topological polar surface area (TPSA) is 28.7 Å². The second-order valence-electron chi connectivity index (χ2n) is 3.30. The zero-order chi connectivity index (χ0) is 11.8. The Balaban J connectivity index is 0.000000921. The summed E-state index contributed by atoms with van der Waals surface area (Å²) in [5.74, 6) is 0.515. The summed E-state index contributed by atoms with van der Waals surface area (Å²) in [6.07, 6.45) is 5.78. The molecule has 0 aliphatic carbocycles. The summed E-state index contributed by atoms with van der Waals surface area (Å²) in [5.41, 5.74) is 3.47. The van der Waals surface area contributed by atoms with Gasteiger partial charge in [-0.3, -0.25) is 5.10 Å². The summed E-state index contributed by atoms with van der Waals surface area (Å²) >= 11 is 0. The van der Waals surface area contributed by atoms with Crippen LogP contribution in [0.1, 0.15) is 45.9 Å². The third-order valence-corrected chi connectivity index (χ3v) is 2.12. The van der Waals surface area contributed by atoms with Crippen molar-refractivity contribution in [3.63, 3.8) is 0 Å². The molecule has 84 valence electrons. The molecule has 1 heterocycles. The van der Waals surface area contributed by atoms with Gasteiger partial charge < -0.3 is 0 Å². The molecule has 0 amide bonds. The molecule has 0 bridgehead atoms. The molecule has 15 heavy (non-hydrogen) atoms. The van der Waals surface area contributed by atoms with Gasteiger partial charge in [0.25, 0.3) is 0 Å². The van der Waals surface area contributed by atoms with Crippen molar-refractivity contribution in [2.24, 2.45) is 5.92 Å². The van der Waals surface area contributed by atoms with Crippen molar-refractivity contribution in [1.82, 2.24) is 10.2 Å². The largest absolute Gasteiger partial charge is 0.278 e. The first-order valence-corrected chi connectivity index (χ1v) is 5.53. The molecule has 0 aliphatic rings. The van der Waals surface area contributed by atoms with Crippen LogP contribution in [-0.2, 0) is 0 Å². The molecular formula is C13H22N2. The lowest BCUT2D eigenvalue weighted by Crippen LogP contribution is -1.93. The standard InChI is InChI=1S/C11H16N2.C2H6/c1-5-9(8(3)4)10-7-12-13-11(10)6-2;1-2/h5-8H,2H2,1,3-4H3,(H,12,13);1-2H3/b9-5-;. The van der Waals surface area contributed by atoms with Gasteiger partial charge in [-0.05, 0) is 24.5 Å². The van der Waals surface area contributed by atoms with E-state index in [9.17, 15) is 0 Å². The minimum Gasteiger partial charge on any atom is -0.278 e. The first-order valence-electron chi connectivity index (χ1n) is 5.53. The molecule has 0 atom stereocenters. The van der Waals surface area contributed by atoms with E-state index >= 15 is 0 Å². The van der Waals surface area contributed by atoms with Crippen molar-refractivity contribution in [3.05, 3.63) is 30.1 Å². The van der Waals surface area contributed by atoms with Crippen LogP contribution in [-0.4, -0.2) is 10.2 Å². The van der Waals surface area contributed by atoms with E-state index in [1.165, 1.54) is 5.57 Å². The highest BCUT2D eigenvalue weighted by molar-refractivity contribution is 5.72. The highest BCUT2D eigenvalue weighted by Gasteiger charge is 2.09. The van der Waals surface area contributed by atoms with Crippen LogP contribution in [0.2, 0.25) is 0 Å². The molecule has 0 spiro atoms. The average molecular weight is 206 g/mol.